The Morgan fingerprint density at radius 2 is 1.86 bits per heavy atom. The van der Waals surface area contributed by atoms with Crippen molar-refractivity contribution in [3.63, 3.8) is 0 Å². The monoisotopic (exact) mass is 590 g/mol. The van der Waals surface area contributed by atoms with Gasteiger partial charge in [-0.2, -0.15) is 0 Å². The number of urea groups is 1. The average Bonchev–Trinajstić information content (AvgIpc) is 2.93. The Labute approximate surface area is 236 Å². The first-order chi connectivity index (χ1) is 19.8. The number of imide groups is 1. The topological polar surface area (TPSA) is 206 Å². The molecule has 1 saturated heterocycles. The van der Waals surface area contributed by atoms with Crippen molar-refractivity contribution in [2.24, 2.45) is 0 Å². The number of fused-ring (bicyclic) bond motifs is 1. The van der Waals surface area contributed by atoms with Gasteiger partial charge in [0.15, 0.2) is 23.1 Å². The van der Waals surface area contributed by atoms with Gasteiger partial charge in [0, 0.05) is 25.2 Å². The standard InChI is InChI=1S/C25H25BF2N4O10/c1-3-31-6-7-32(23(37)22(31)36)25(40)30-18(12-4-5-14(33)19(34)10(12)2)21(35)29-15-9-11-8-13(27)17(28)16(24(38)39)20(11)42-26(15)41/h4-5,8,15,18,33-34,41H,3,6-7,9H2,1-2H3,(H,29,35)(H,30,40)(H,38,39)/t15-,18?/m0/s1. The van der Waals surface area contributed by atoms with Crippen LogP contribution in [-0.2, 0) is 20.8 Å². The number of piperazine rings is 1. The molecule has 2 aromatic carbocycles. The fourth-order valence-electron chi connectivity index (χ4n) is 4.74. The van der Waals surface area contributed by atoms with Gasteiger partial charge in [-0.05, 0) is 43.5 Å². The maximum absolute atomic E-state index is 14.1. The quantitative estimate of drug-likeness (QED) is 0.150. The molecular formula is C25H25BF2N4O10. The lowest BCUT2D eigenvalue weighted by Crippen LogP contribution is -2.60. The summed E-state index contributed by atoms with van der Waals surface area (Å²) < 4.78 is 33.4. The second-order valence-electron chi connectivity index (χ2n) is 9.54. The smallest absolute Gasteiger partial charge is 0.534 e. The van der Waals surface area contributed by atoms with Crippen LogP contribution in [0.1, 0.15) is 40.0 Å². The van der Waals surface area contributed by atoms with Gasteiger partial charge in [0.05, 0.1) is 5.94 Å². The Hall–Kier alpha value is -4.93. The van der Waals surface area contributed by atoms with Crippen molar-refractivity contribution in [1.29, 1.82) is 0 Å². The molecule has 42 heavy (non-hydrogen) atoms. The second kappa shape index (κ2) is 11.5. The molecule has 2 aliphatic heterocycles. The molecule has 0 radical (unpaired) electrons. The number of carbonyl (C=O) groups is 5. The van der Waals surface area contributed by atoms with E-state index in [9.17, 15) is 53.1 Å². The van der Waals surface area contributed by atoms with E-state index in [1.165, 1.54) is 17.9 Å². The summed E-state index contributed by atoms with van der Waals surface area (Å²) in [7, 11) is -1.95. The summed E-state index contributed by atoms with van der Waals surface area (Å²) >= 11 is 0. The fourth-order valence-corrected chi connectivity index (χ4v) is 4.74. The summed E-state index contributed by atoms with van der Waals surface area (Å²) in [4.78, 5) is 64.8. The average molecular weight is 590 g/mol. The number of carboxylic acids is 1. The van der Waals surface area contributed by atoms with Crippen molar-refractivity contribution in [3.8, 4) is 17.2 Å². The van der Waals surface area contributed by atoms with Crippen LogP contribution in [0.15, 0.2) is 18.2 Å². The maximum Gasteiger partial charge on any atom is 0.547 e. The molecule has 0 aromatic heterocycles. The minimum absolute atomic E-state index is 0.0388. The number of hydrogen-bond acceptors (Lipinski definition) is 9. The van der Waals surface area contributed by atoms with Crippen molar-refractivity contribution in [1.82, 2.24) is 20.4 Å². The first-order valence-corrected chi connectivity index (χ1v) is 12.6. The number of phenols is 2. The zero-order valence-electron chi connectivity index (χ0n) is 22.2. The van der Waals surface area contributed by atoms with Gasteiger partial charge in [0.1, 0.15) is 17.4 Å². The Morgan fingerprint density at radius 1 is 1.17 bits per heavy atom. The molecule has 4 rings (SSSR count). The van der Waals surface area contributed by atoms with E-state index in [0.717, 1.165) is 6.07 Å². The Kier molecular flexibility index (Phi) is 8.24. The minimum Gasteiger partial charge on any atom is -0.534 e. The van der Waals surface area contributed by atoms with Crippen molar-refractivity contribution >= 4 is 36.8 Å². The lowest BCUT2D eigenvalue weighted by Gasteiger charge is -2.33. The van der Waals surface area contributed by atoms with Gasteiger partial charge < -0.3 is 40.5 Å². The summed E-state index contributed by atoms with van der Waals surface area (Å²) in [6, 6.07) is 0.0764. The molecule has 17 heteroatoms. The number of aromatic carboxylic acids is 1. The molecule has 2 heterocycles. The maximum atomic E-state index is 14.1. The molecule has 2 aliphatic rings. The van der Waals surface area contributed by atoms with Crippen LogP contribution in [0.5, 0.6) is 17.2 Å². The first-order valence-electron chi connectivity index (χ1n) is 12.6. The van der Waals surface area contributed by atoms with Crippen LogP contribution < -0.4 is 15.3 Å². The predicted molar refractivity (Wildman–Crippen MR) is 137 cm³/mol. The number of rotatable bonds is 6. The van der Waals surface area contributed by atoms with Crippen LogP contribution in [-0.4, -0.2) is 92.6 Å². The zero-order chi connectivity index (χ0) is 31.0. The van der Waals surface area contributed by atoms with E-state index in [0.29, 0.717) is 11.0 Å². The minimum atomic E-state index is -1.95. The normalized spacial score (nSPS) is 17.4. The predicted octanol–water partition coefficient (Wildman–Crippen LogP) is -0.0364. The van der Waals surface area contributed by atoms with Gasteiger partial charge in [-0.15, -0.1) is 0 Å². The molecular weight excluding hydrogens is 565 g/mol. The van der Waals surface area contributed by atoms with Crippen molar-refractivity contribution in [2.45, 2.75) is 32.3 Å². The lowest BCUT2D eigenvalue weighted by atomic mass is 9.72. The molecule has 14 nitrogen and oxygen atoms in total. The van der Waals surface area contributed by atoms with Crippen LogP contribution in [0.3, 0.4) is 0 Å². The van der Waals surface area contributed by atoms with Gasteiger partial charge in [-0.3, -0.25) is 19.3 Å². The SMILES string of the molecule is CCN1CCN(C(=O)NC(C(=O)N[C@H]2Cc3cc(F)c(F)c(C(=O)O)c3OB2O)c2ccc(O)c(O)c2C)C(=O)C1=O. The van der Waals surface area contributed by atoms with Crippen molar-refractivity contribution in [3.05, 3.63) is 52.1 Å². The largest absolute Gasteiger partial charge is 0.547 e. The third-order valence-electron chi connectivity index (χ3n) is 7.04. The number of carboxylic acid groups (broad SMARTS) is 1. The van der Waals surface area contributed by atoms with Gasteiger partial charge in [-0.25, -0.2) is 18.4 Å². The molecule has 1 fully saturated rings. The zero-order valence-corrected chi connectivity index (χ0v) is 22.2. The molecule has 1 unspecified atom stereocenters. The number of nitrogens with zero attached hydrogens (tertiary/aromatic N) is 2. The lowest BCUT2D eigenvalue weighted by molar-refractivity contribution is -0.153. The second-order valence-corrected chi connectivity index (χ2v) is 9.54. The summed E-state index contributed by atoms with van der Waals surface area (Å²) in [5, 5.41) is 44.6. The summed E-state index contributed by atoms with van der Waals surface area (Å²) in [6.07, 6.45) is -0.424. The number of likely N-dealkylation sites (N-methyl/N-ethyl adjacent to an activating group) is 1. The Morgan fingerprint density at radius 3 is 2.50 bits per heavy atom. The van der Waals surface area contributed by atoms with Gasteiger partial charge in [0.25, 0.3) is 0 Å². The van der Waals surface area contributed by atoms with E-state index >= 15 is 0 Å². The molecule has 6 N–H and O–H groups in total. The van der Waals surface area contributed by atoms with E-state index in [-0.39, 0.29) is 36.3 Å². The van der Waals surface area contributed by atoms with Crippen LogP contribution in [0.25, 0.3) is 0 Å². The van der Waals surface area contributed by atoms with Gasteiger partial charge >= 0.3 is 30.9 Å². The van der Waals surface area contributed by atoms with Crippen LogP contribution >= 0.6 is 0 Å². The van der Waals surface area contributed by atoms with Crippen LogP contribution in [0.2, 0.25) is 0 Å². The van der Waals surface area contributed by atoms with E-state index in [2.05, 4.69) is 10.6 Å². The number of hydrogen-bond donors (Lipinski definition) is 6. The molecule has 222 valence electrons. The summed E-state index contributed by atoms with van der Waals surface area (Å²) in [5.74, 6) is -11.3. The number of halogens is 2. The molecule has 0 aliphatic carbocycles. The fraction of sp³-hybridized carbons (Fsp3) is 0.320. The van der Waals surface area contributed by atoms with Crippen molar-refractivity contribution in [2.75, 3.05) is 19.6 Å². The number of phenolic OH excluding ortho intramolecular Hbond substituents is 2. The number of carbonyl (C=O) groups excluding carboxylic acids is 4. The highest BCUT2D eigenvalue weighted by Gasteiger charge is 2.42. The van der Waals surface area contributed by atoms with E-state index in [4.69, 9.17) is 4.65 Å². The molecule has 0 spiro atoms. The van der Waals surface area contributed by atoms with E-state index < -0.39 is 89.7 Å². The number of nitrogens with one attached hydrogen (secondary N) is 2. The molecule has 5 amide bonds. The van der Waals surface area contributed by atoms with E-state index in [1.54, 1.807) is 6.92 Å². The highest BCUT2D eigenvalue weighted by Crippen LogP contribution is 2.35. The van der Waals surface area contributed by atoms with Crippen LogP contribution in [0.4, 0.5) is 13.6 Å². The van der Waals surface area contributed by atoms with Gasteiger partial charge in [0.2, 0.25) is 5.91 Å². The number of benzene rings is 2. The summed E-state index contributed by atoms with van der Waals surface area (Å²) in [6.45, 7) is 3.07. The highest BCUT2D eigenvalue weighted by molar-refractivity contribution is 6.47. The third kappa shape index (κ3) is 5.37. The van der Waals surface area contributed by atoms with E-state index in [1.807, 2.05) is 0 Å². The molecule has 0 bridgehead atoms. The first kappa shape index (κ1) is 30.0. The molecule has 0 saturated carbocycles. The highest BCUT2D eigenvalue weighted by atomic mass is 19.2. The molecule has 2 atom stereocenters. The number of amides is 5. The molecule has 2 aromatic rings. The number of aromatic hydroxyl groups is 2. The van der Waals surface area contributed by atoms with Crippen molar-refractivity contribution < 1.29 is 57.8 Å². The summed E-state index contributed by atoms with van der Waals surface area (Å²) in [5.41, 5.74) is -1.41. The third-order valence-corrected chi connectivity index (χ3v) is 7.04. The van der Waals surface area contributed by atoms with Gasteiger partial charge in [-0.1, -0.05) is 6.07 Å². The Bertz CT molecular complexity index is 1510. The van der Waals surface area contributed by atoms with Crippen LogP contribution in [0, 0.1) is 18.6 Å². The Balaban J connectivity index is 1.64.